The minimum atomic E-state index is 0.0790. The van der Waals surface area contributed by atoms with E-state index in [9.17, 15) is 0 Å². The van der Waals surface area contributed by atoms with Crippen LogP contribution in [0.5, 0.6) is 0 Å². The van der Waals surface area contributed by atoms with Crippen LogP contribution in [-0.2, 0) is 5.41 Å². The smallest absolute Gasteiger partial charge is 0.161 e. The Hall–Kier alpha value is -1.93. The monoisotopic (exact) mass is 296 g/mol. The lowest BCUT2D eigenvalue weighted by molar-refractivity contribution is 0.591. The van der Waals surface area contributed by atoms with E-state index in [-0.39, 0.29) is 5.41 Å². The highest BCUT2D eigenvalue weighted by Gasteiger charge is 2.16. The topological polar surface area (TPSA) is 25.8 Å². The van der Waals surface area contributed by atoms with Crippen molar-refractivity contribution in [2.45, 2.75) is 26.2 Å². The van der Waals surface area contributed by atoms with Gasteiger partial charge in [0.05, 0.1) is 5.52 Å². The first kappa shape index (κ1) is 14.0. The highest BCUT2D eigenvalue weighted by atomic mass is 35.5. The molecule has 2 nitrogen and oxygen atoms in total. The van der Waals surface area contributed by atoms with Gasteiger partial charge in [-0.3, -0.25) is 0 Å². The predicted octanol–water partition coefficient (Wildman–Crippen LogP) is 5.25. The average Bonchev–Trinajstić information content (AvgIpc) is 2.47. The maximum Gasteiger partial charge on any atom is 0.161 e. The van der Waals surface area contributed by atoms with Gasteiger partial charge in [-0.1, -0.05) is 68.8 Å². The second-order valence-electron chi connectivity index (χ2n) is 6.19. The third-order valence-corrected chi connectivity index (χ3v) is 3.84. The minimum absolute atomic E-state index is 0.0790. The fraction of sp³-hybridized carbons (Fsp3) is 0.222. The van der Waals surface area contributed by atoms with Crippen LogP contribution in [0, 0.1) is 0 Å². The third-order valence-electron chi connectivity index (χ3n) is 3.55. The zero-order valence-electron chi connectivity index (χ0n) is 12.4. The number of rotatable bonds is 1. The van der Waals surface area contributed by atoms with Crippen molar-refractivity contribution in [1.82, 2.24) is 9.97 Å². The molecule has 0 saturated carbocycles. The zero-order valence-corrected chi connectivity index (χ0v) is 13.1. The Morgan fingerprint density at radius 3 is 2.29 bits per heavy atom. The van der Waals surface area contributed by atoms with Crippen LogP contribution in [0.3, 0.4) is 0 Å². The van der Waals surface area contributed by atoms with Gasteiger partial charge in [0.25, 0.3) is 0 Å². The minimum Gasteiger partial charge on any atom is -0.228 e. The molecule has 0 atom stereocenters. The summed E-state index contributed by atoms with van der Waals surface area (Å²) < 4.78 is 0. The van der Waals surface area contributed by atoms with E-state index >= 15 is 0 Å². The third kappa shape index (κ3) is 2.77. The Morgan fingerprint density at radius 2 is 1.62 bits per heavy atom. The fourth-order valence-corrected chi connectivity index (χ4v) is 2.51. The van der Waals surface area contributed by atoms with E-state index in [2.05, 4.69) is 42.9 Å². The summed E-state index contributed by atoms with van der Waals surface area (Å²) in [6, 6.07) is 16.1. The van der Waals surface area contributed by atoms with E-state index in [4.69, 9.17) is 11.6 Å². The lowest BCUT2D eigenvalue weighted by Crippen LogP contribution is -2.10. The van der Waals surface area contributed by atoms with Crippen molar-refractivity contribution >= 4 is 22.5 Å². The van der Waals surface area contributed by atoms with Gasteiger partial charge in [0, 0.05) is 10.9 Å². The van der Waals surface area contributed by atoms with Crippen LogP contribution in [0.1, 0.15) is 26.3 Å². The summed E-state index contributed by atoms with van der Waals surface area (Å²) in [6.07, 6.45) is 0. The number of benzene rings is 2. The van der Waals surface area contributed by atoms with E-state index in [0.717, 1.165) is 16.5 Å². The molecule has 3 rings (SSSR count). The maximum absolute atomic E-state index is 6.38. The molecule has 3 heteroatoms. The van der Waals surface area contributed by atoms with Crippen molar-refractivity contribution in [3.63, 3.8) is 0 Å². The summed E-state index contributed by atoms with van der Waals surface area (Å²) in [6.45, 7) is 6.55. The van der Waals surface area contributed by atoms with Gasteiger partial charge in [0.15, 0.2) is 5.82 Å². The summed E-state index contributed by atoms with van der Waals surface area (Å²) in [7, 11) is 0. The Kier molecular flexibility index (Phi) is 3.42. The summed E-state index contributed by atoms with van der Waals surface area (Å²) in [5.74, 6) is 0.664. The van der Waals surface area contributed by atoms with Crippen molar-refractivity contribution in [3.05, 3.63) is 59.2 Å². The molecule has 0 radical (unpaired) electrons. The molecule has 0 saturated heterocycles. The molecule has 3 aromatic rings. The highest BCUT2D eigenvalue weighted by molar-refractivity contribution is 6.34. The molecular formula is C18H17ClN2. The van der Waals surface area contributed by atoms with Gasteiger partial charge in [-0.15, -0.1) is 0 Å². The van der Waals surface area contributed by atoms with Crippen LogP contribution in [0.15, 0.2) is 48.5 Å². The van der Waals surface area contributed by atoms with Crippen molar-refractivity contribution in [3.8, 4) is 11.4 Å². The molecule has 2 aromatic carbocycles. The van der Waals surface area contributed by atoms with Gasteiger partial charge in [-0.05, 0) is 23.1 Å². The molecule has 1 aromatic heterocycles. The first-order valence-electron chi connectivity index (χ1n) is 6.98. The van der Waals surface area contributed by atoms with Crippen LogP contribution in [0.2, 0.25) is 5.15 Å². The average molecular weight is 297 g/mol. The van der Waals surface area contributed by atoms with Crippen LogP contribution >= 0.6 is 11.6 Å². The Morgan fingerprint density at radius 1 is 0.905 bits per heavy atom. The van der Waals surface area contributed by atoms with E-state index in [1.165, 1.54) is 5.56 Å². The molecule has 0 spiro atoms. The lowest BCUT2D eigenvalue weighted by Gasteiger charge is -2.19. The normalized spacial score (nSPS) is 11.8. The highest BCUT2D eigenvalue weighted by Crippen LogP contribution is 2.30. The van der Waals surface area contributed by atoms with Crippen molar-refractivity contribution in [1.29, 1.82) is 0 Å². The second-order valence-corrected chi connectivity index (χ2v) is 6.54. The fourth-order valence-electron chi connectivity index (χ4n) is 2.27. The first-order chi connectivity index (χ1) is 9.95. The maximum atomic E-state index is 6.38. The molecule has 0 aliphatic heterocycles. The van der Waals surface area contributed by atoms with E-state index in [1.807, 2.05) is 36.4 Å². The molecule has 0 aliphatic carbocycles. The number of hydrogen-bond acceptors (Lipinski definition) is 2. The van der Waals surface area contributed by atoms with Crippen LogP contribution in [0.4, 0.5) is 0 Å². The van der Waals surface area contributed by atoms with Crippen molar-refractivity contribution < 1.29 is 0 Å². The molecule has 1 heterocycles. The number of hydrogen-bond donors (Lipinski definition) is 0. The molecule has 106 valence electrons. The predicted molar refractivity (Wildman–Crippen MR) is 88.7 cm³/mol. The van der Waals surface area contributed by atoms with Gasteiger partial charge in [-0.2, -0.15) is 0 Å². The van der Waals surface area contributed by atoms with Crippen LogP contribution in [-0.4, -0.2) is 9.97 Å². The van der Waals surface area contributed by atoms with Gasteiger partial charge >= 0.3 is 0 Å². The standard InChI is InChI=1S/C18H17ClN2/c1-18(2,3)13-9-10-15-14(11-13)16(19)21-17(20-15)12-7-5-4-6-8-12/h4-11H,1-3H3. The van der Waals surface area contributed by atoms with E-state index < -0.39 is 0 Å². The molecule has 0 N–H and O–H groups in total. The summed E-state index contributed by atoms with van der Waals surface area (Å²) >= 11 is 6.38. The number of aromatic nitrogens is 2. The summed E-state index contributed by atoms with van der Waals surface area (Å²) in [5, 5.41) is 1.41. The van der Waals surface area contributed by atoms with Crippen LogP contribution < -0.4 is 0 Å². The molecule has 21 heavy (non-hydrogen) atoms. The van der Waals surface area contributed by atoms with Gasteiger partial charge in [0.2, 0.25) is 0 Å². The Balaban J connectivity index is 2.18. The Bertz CT molecular complexity index is 789. The second kappa shape index (κ2) is 5.12. The molecule has 0 aliphatic rings. The van der Waals surface area contributed by atoms with Gasteiger partial charge < -0.3 is 0 Å². The van der Waals surface area contributed by atoms with Crippen molar-refractivity contribution in [2.75, 3.05) is 0 Å². The van der Waals surface area contributed by atoms with Crippen LogP contribution in [0.25, 0.3) is 22.3 Å². The SMILES string of the molecule is CC(C)(C)c1ccc2nc(-c3ccccc3)nc(Cl)c2c1. The first-order valence-corrected chi connectivity index (χ1v) is 7.36. The zero-order chi connectivity index (χ0) is 15.0. The molecule has 0 bridgehead atoms. The van der Waals surface area contributed by atoms with Crippen molar-refractivity contribution in [2.24, 2.45) is 0 Å². The van der Waals surface area contributed by atoms with Gasteiger partial charge in [0.1, 0.15) is 5.15 Å². The number of fused-ring (bicyclic) bond motifs is 1. The lowest BCUT2D eigenvalue weighted by atomic mass is 9.86. The molecule has 0 fully saturated rings. The van der Waals surface area contributed by atoms with Gasteiger partial charge in [-0.25, -0.2) is 9.97 Å². The van der Waals surface area contributed by atoms with E-state index in [0.29, 0.717) is 11.0 Å². The Labute approximate surface area is 129 Å². The largest absolute Gasteiger partial charge is 0.228 e. The summed E-state index contributed by atoms with van der Waals surface area (Å²) in [5.41, 5.74) is 3.16. The molecular weight excluding hydrogens is 280 g/mol. The summed E-state index contributed by atoms with van der Waals surface area (Å²) in [4.78, 5) is 9.08. The van der Waals surface area contributed by atoms with E-state index in [1.54, 1.807) is 0 Å². The number of halogens is 1. The molecule has 0 amide bonds. The molecule has 0 unspecified atom stereocenters. The number of nitrogens with zero attached hydrogens (tertiary/aromatic N) is 2. The quantitative estimate of drug-likeness (QED) is 0.573.